The van der Waals surface area contributed by atoms with Gasteiger partial charge in [0.15, 0.2) is 11.6 Å². The van der Waals surface area contributed by atoms with Crippen molar-refractivity contribution < 1.29 is 9.59 Å². The smallest absolute Gasteiger partial charge is 0.255 e. The molecule has 2 N–H and O–H groups in total. The topological polar surface area (TPSA) is 91.0 Å². The van der Waals surface area contributed by atoms with Crippen molar-refractivity contribution in [2.45, 2.75) is 19.3 Å². The Morgan fingerprint density at radius 3 is 2.45 bits per heavy atom. The molecule has 0 radical (unpaired) electrons. The third-order valence-electron chi connectivity index (χ3n) is 5.71. The number of carbonyl (C=O) groups excluding carboxylic acids is 2. The Kier molecular flexibility index (Phi) is 5.68. The first-order valence-corrected chi connectivity index (χ1v) is 11.0. The Bertz CT molecular complexity index is 1280. The molecule has 2 heterocycles. The van der Waals surface area contributed by atoms with Crippen LogP contribution in [0.25, 0.3) is 22.8 Å². The van der Waals surface area contributed by atoms with Crippen LogP contribution in [0.15, 0.2) is 78.9 Å². The van der Waals surface area contributed by atoms with E-state index in [4.69, 9.17) is 0 Å². The molecule has 3 aromatic carbocycles. The summed E-state index contributed by atoms with van der Waals surface area (Å²) < 4.78 is 0. The molecular formula is C26H23N5O2. The van der Waals surface area contributed by atoms with E-state index in [1.165, 1.54) is 0 Å². The van der Waals surface area contributed by atoms with Gasteiger partial charge in [0.05, 0.1) is 5.69 Å². The van der Waals surface area contributed by atoms with E-state index in [1.807, 2.05) is 66.7 Å². The molecule has 5 rings (SSSR count). The highest BCUT2D eigenvalue weighted by atomic mass is 16.2. The van der Waals surface area contributed by atoms with Crippen LogP contribution in [0, 0.1) is 0 Å². The number of anilines is 2. The second-order valence-electron chi connectivity index (χ2n) is 7.92. The summed E-state index contributed by atoms with van der Waals surface area (Å²) >= 11 is 0. The lowest BCUT2D eigenvalue weighted by Gasteiger charge is -2.26. The number of piperidine rings is 1. The number of amides is 2. The SMILES string of the molecule is O=C(Nc1ccccc1-c1nc(-c2ccccc2)n[nH]1)c1ccc(N2CCCCC2=O)cc1. The monoisotopic (exact) mass is 437 g/mol. The predicted molar refractivity (Wildman–Crippen MR) is 128 cm³/mol. The number of nitrogens with zero attached hydrogens (tertiary/aromatic N) is 3. The van der Waals surface area contributed by atoms with Gasteiger partial charge in [-0.25, -0.2) is 4.98 Å². The quantitative estimate of drug-likeness (QED) is 0.464. The summed E-state index contributed by atoms with van der Waals surface area (Å²) in [5, 5.41) is 10.3. The molecule has 1 fully saturated rings. The van der Waals surface area contributed by atoms with Crippen molar-refractivity contribution in [2.24, 2.45) is 0 Å². The highest BCUT2D eigenvalue weighted by molar-refractivity contribution is 6.06. The number of nitrogens with one attached hydrogen (secondary N) is 2. The molecule has 0 atom stereocenters. The van der Waals surface area contributed by atoms with E-state index in [9.17, 15) is 9.59 Å². The van der Waals surface area contributed by atoms with Crippen molar-refractivity contribution in [3.8, 4) is 22.8 Å². The summed E-state index contributed by atoms with van der Waals surface area (Å²) in [6.07, 6.45) is 2.51. The molecule has 7 nitrogen and oxygen atoms in total. The number of hydrogen-bond acceptors (Lipinski definition) is 4. The summed E-state index contributed by atoms with van der Waals surface area (Å²) in [4.78, 5) is 31.5. The van der Waals surface area contributed by atoms with Crippen LogP contribution in [0.3, 0.4) is 0 Å². The van der Waals surface area contributed by atoms with Gasteiger partial charge in [-0.2, -0.15) is 5.10 Å². The number of para-hydroxylation sites is 1. The minimum absolute atomic E-state index is 0.134. The van der Waals surface area contributed by atoms with Crippen molar-refractivity contribution in [3.63, 3.8) is 0 Å². The summed E-state index contributed by atoms with van der Waals surface area (Å²) in [6.45, 7) is 0.722. The van der Waals surface area contributed by atoms with Gasteiger partial charge >= 0.3 is 0 Å². The lowest BCUT2D eigenvalue weighted by molar-refractivity contribution is -0.119. The fourth-order valence-electron chi connectivity index (χ4n) is 3.96. The first kappa shape index (κ1) is 20.6. The molecule has 1 saturated heterocycles. The molecular weight excluding hydrogens is 414 g/mol. The number of H-pyrrole nitrogens is 1. The third kappa shape index (κ3) is 4.39. The molecule has 1 aliphatic rings. The number of aromatic amines is 1. The fourth-order valence-corrected chi connectivity index (χ4v) is 3.96. The van der Waals surface area contributed by atoms with Crippen LogP contribution in [0.5, 0.6) is 0 Å². The Labute approximate surface area is 191 Å². The minimum Gasteiger partial charge on any atom is -0.321 e. The van der Waals surface area contributed by atoms with Crippen LogP contribution < -0.4 is 10.2 Å². The lowest BCUT2D eigenvalue weighted by Crippen LogP contribution is -2.35. The standard InChI is InChI=1S/C26H23N5O2/c32-23-12-6-7-17-31(23)20-15-13-19(14-16-20)26(33)27-22-11-5-4-10-21(22)25-28-24(29-30-25)18-8-2-1-3-9-18/h1-5,8-11,13-16H,6-7,12,17H2,(H,27,33)(H,28,29,30). The zero-order valence-electron chi connectivity index (χ0n) is 18.0. The second-order valence-corrected chi connectivity index (χ2v) is 7.92. The number of hydrogen-bond donors (Lipinski definition) is 2. The molecule has 164 valence electrons. The lowest BCUT2D eigenvalue weighted by atomic mass is 10.1. The van der Waals surface area contributed by atoms with Crippen molar-refractivity contribution in [3.05, 3.63) is 84.4 Å². The van der Waals surface area contributed by atoms with E-state index in [0.717, 1.165) is 36.2 Å². The first-order valence-electron chi connectivity index (χ1n) is 11.0. The van der Waals surface area contributed by atoms with E-state index in [2.05, 4.69) is 20.5 Å². The molecule has 0 unspecified atom stereocenters. The van der Waals surface area contributed by atoms with Crippen LogP contribution in [0.4, 0.5) is 11.4 Å². The van der Waals surface area contributed by atoms with Crippen LogP contribution in [-0.2, 0) is 4.79 Å². The number of rotatable bonds is 5. The number of benzene rings is 3. The van der Waals surface area contributed by atoms with Gasteiger partial charge in [-0.15, -0.1) is 0 Å². The summed E-state index contributed by atoms with van der Waals surface area (Å²) in [5.74, 6) is 1.06. The summed E-state index contributed by atoms with van der Waals surface area (Å²) in [6, 6.07) is 24.3. The van der Waals surface area contributed by atoms with Crippen LogP contribution in [0.2, 0.25) is 0 Å². The Morgan fingerprint density at radius 2 is 1.67 bits per heavy atom. The zero-order chi connectivity index (χ0) is 22.6. The van der Waals surface area contributed by atoms with Crippen molar-refractivity contribution >= 4 is 23.2 Å². The minimum atomic E-state index is -0.234. The third-order valence-corrected chi connectivity index (χ3v) is 5.71. The van der Waals surface area contributed by atoms with Gasteiger partial charge in [-0.05, 0) is 49.2 Å². The normalized spacial score (nSPS) is 13.7. The Balaban J connectivity index is 1.35. The van der Waals surface area contributed by atoms with Gasteiger partial charge in [0.2, 0.25) is 5.91 Å². The van der Waals surface area contributed by atoms with Gasteiger partial charge in [0.25, 0.3) is 5.91 Å². The Morgan fingerprint density at radius 1 is 0.909 bits per heavy atom. The Hall–Kier alpha value is -4.26. The van der Waals surface area contributed by atoms with Gasteiger partial charge in [0.1, 0.15) is 0 Å². The maximum absolute atomic E-state index is 12.9. The van der Waals surface area contributed by atoms with Gasteiger partial charge in [-0.1, -0.05) is 42.5 Å². The molecule has 0 saturated carbocycles. The number of carbonyl (C=O) groups is 2. The van der Waals surface area contributed by atoms with E-state index in [-0.39, 0.29) is 11.8 Å². The average Bonchev–Trinajstić information content (AvgIpc) is 3.36. The first-order chi connectivity index (χ1) is 16.2. The molecule has 0 aliphatic carbocycles. The molecule has 0 spiro atoms. The average molecular weight is 438 g/mol. The van der Waals surface area contributed by atoms with Crippen molar-refractivity contribution in [1.82, 2.24) is 15.2 Å². The van der Waals surface area contributed by atoms with Gasteiger partial charge < -0.3 is 10.2 Å². The van der Waals surface area contributed by atoms with E-state index in [1.54, 1.807) is 17.0 Å². The predicted octanol–water partition coefficient (Wildman–Crippen LogP) is 4.91. The molecule has 0 bridgehead atoms. The van der Waals surface area contributed by atoms with Crippen molar-refractivity contribution in [1.29, 1.82) is 0 Å². The van der Waals surface area contributed by atoms with E-state index in [0.29, 0.717) is 29.3 Å². The number of aromatic nitrogens is 3. The molecule has 1 aliphatic heterocycles. The largest absolute Gasteiger partial charge is 0.321 e. The maximum atomic E-state index is 12.9. The highest BCUT2D eigenvalue weighted by Gasteiger charge is 2.20. The molecule has 4 aromatic rings. The summed E-state index contributed by atoms with van der Waals surface area (Å²) in [5.41, 5.74) is 3.63. The second kappa shape index (κ2) is 9.08. The van der Waals surface area contributed by atoms with Crippen LogP contribution in [0.1, 0.15) is 29.6 Å². The van der Waals surface area contributed by atoms with Gasteiger partial charge in [0, 0.05) is 35.3 Å². The van der Waals surface area contributed by atoms with Crippen LogP contribution in [-0.4, -0.2) is 33.5 Å². The molecule has 33 heavy (non-hydrogen) atoms. The molecule has 7 heteroatoms. The van der Waals surface area contributed by atoms with E-state index >= 15 is 0 Å². The van der Waals surface area contributed by atoms with Crippen molar-refractivity contribution in [2.75, 3.05) is 16.8 Å². The summed E-state index contributed by atoms with van der Waals surface area (Å²) in [7, 11) is 0. The molecule has 1 aromatic heterocycles. The highest BCUT2D eigenvalue weighted by Crippen LogP contribution is 2.28. The zero-order valence-corrected chi connectivity index (χ0v) is 18.0. The fraction of sp³-hybridized carbons (Fsp3) is 0.154. The van der Waals surface area contributed by atoms with Crippen LogP contribution >= 0.6 is 0 Å². The maximum Gasteiger partial charge on any atom is 0.255 e. The molecule has 2 amide bonds. The van der Waals surface area contributed by atoms with E-state index < -0.39 is 0 Å². The van der Waals surface area contributed by atoms with Gasteiger partial charge in [-0.3, -0.25) is 14.7 Å².